The molecule has 1 saturated heterocycles. The van der Waals surface area contributed by atoms with Crippen molar-refractivity contribution in [3.05, 3.63) is 0 Å². The van der Waals surface area contributed by atoms with Crippen LogP contribution in [0.5, 0.6) is 0 Å². The van der Waals surface area contributed by atoms with Crippen molar-refractivity contribution in [1.29, 1.82) is 0 Å². The molecule has 0 aliphatic carbocycles. The molecule has 8 nitrogen and oxygen atoms in total. The van der Waals surface area contributed by atoms with E-state index in [1.165, 1.54) is 0 Å². The fourth-order valence-electron chi connectivity index (χ4n) is 1.51. The molecule has 0 saturated carbocycles. The monoisotopic (exact) mass is 242 g/mol. The average molecular weight is 242 g/mol. The highest BCUT2D eigenvalue weighted by Gasteiger charge is 2.30. The number of hydrogen-bond donors (Lipinski definition) is 4. The molecular weight excluding hydrogens is 228 g/mol. The van der Waals surface area contributed by atoms with Gasteiger partial charge in [0.1, 0.15) is 12.1 Å². The van der Waals surface area contributed by atoms with E-state index in [4.69, 9.17) is 11.5 Å². The van der Waals surface area contributed by atoms with Crippen LogP contribution in [0.3, 0.4) is 0 Å². The van der Waals surface area contributed by atoms with E-state index in [-0.39, 0.29) is 18.7 Å². The molecule has 17 heavy (non-hydrogen) atoms. The lowest BCUT2D eigenvalue weighted by Crippen LogP contribution is -2.51. The summed E-state index contributed by atoms with van der Waals surface area (Å²) < 4.78 is 0. The second-order valence-electron chi connectivity index (χ2n) is 3.79. The Balaban J connectivity index is 2.55. The molecule has 0 bridgehead atoms. The van der Waals surface area contributed by atoms with Gasteiger partial charge in [0.2, 0.25) is 23.6 Å². The predicted octanol–water partition coefficient (Wildman–Crippen LogP) is -2.89. The summed E-state index contributed by atoms with van der Waals surface area (Å²) in [7, 11) is 0. The molecule has 1 unspecified atom stereocenters. The Morgan fingerprint density at radius 3 is 2.47 bits per heavy atom. The van der Waals surface area contributed by atoms with Gasteiger partial charge in [0.25, 0.3) is 0 Å². The summed E-state index contributed by atoms with van der Waals surface area (Å²) in [5, 5.41) is 4.71. The van der Waals surface area contributed by atoms with Crippen LogP contribution < -0.4 is 22.1 Å². The molecule has 94 valence electrons. The summed E-state index contributed by atoms with van der Waals surface area (Å²) in [6, 6.07) is -1.82. The number of carbonyl (C=O) groups excluding carboxylic acids is 4. The van der Waals surface area contributed by atoms with Crippen molar-refractivity contribution in [2.45, 2.75) is 31.3 Å². The van der Waals surface area contributed by atoms with Crippen LogP contribution in [0.15, 0.2) is 0 Å². The summed E-state index contributed by atoms with van der Waals surface area (Å²) in [4.78, 5) is 44.1. The Hall–Kier alpha value is -2.12. The van der Waals surface area contributed by atoms with Gasteiger partial charge < -0.3 is 22.1 Å². The molecule has 0 spiro atoms. The highest BCUT2D eigenvalue weighted by atomic mass is 16.2. The van der Waals surface area contributed by atoms with Gasteiger partial charge in [-0.1, -0.05) is 0 Å². The Morgan fingerprint density at radius 1 is 1.41 bits per heavy atom. The Labute approximate surface area is 97.1 Å². The zero-order valence-electron chi connectivity index (χ0n) is 9.06. The van der Waals surface area contributed by atoms with E-state index in [1.54, 1.807) is 0 Å². The average Bonchev–Trinajstić information content (AvgIpc) is 2.63. The van der Waals surface area contributed by atoms with Crippen LogP contribution in [-0.4, -0.2) is 35.7 Å². The highest BCUT2D eigenvalue weighted by Crippen LogP contribution is 2.06. The molecule has 1 fully saturated rings. The van der Waals surface area contributed by atoms with E-state index in [9.17, 15) is 19.2 Å². The van der Waals surface area contributed by atoms with Gasteiger partial charge in [0.15, 0.2) is 0 Å². The molecule has 1 aliphatic heterocycles. The van der Waals surface area contributed by atoms with Gasteiger partial charge >= 0.3 is 0 Å². The molecule has 4 amide bonds. The molecule has 2 atom stereocenters. The first-order valence-corrected chi connectivity index (χ1v) is 5.07. The van der Waals surface area contributed by atoms with Gasteiger partial charge in [-0.3, -0.25) is 19.2 Å². The Kier molecular flexibility index (Phi) is 4.02. The second-order valence-corrected chi connectivity index (χ2v) is 3.79. The van der Waals surface area contributed by atoms with Gasteiger partial charge in [-0.25, -0.2) is 0 Å². The third kappa shape index (κ3) is 3.74. The minimum Gasteiger partial charge on any atom is -0.370 e. The SMILES string of the molecule is NC(=O)C[C@@H](NC(=O)C1CCC(=O)N1)C(N)=O. The molecule has 1 aliphatic rings. The van der Waals surface area contributed by atoms with Crippen LogP contribution in [-0.2, 0) is 19.2 Å². The zero-order chi connectivity index (χ0) is 13.0. The molecule has 0 aromatic rings. The number of nitrogens with two attached hydrogens (primary N) is 2. The van der Waals surface area contributed by atoms with Crippen molar-refractivity contribution < 1.29 is 19.2 Å². The Bertz CT molecular complexity index is 368. The molecular formula is C9H14N4O4. The standard InChI is InChI=1S/C9H14N4O4/c10-6(14)3-5(8(11)16)13-9(17)4-1-2-7(15)12-4/h4-5H,1-3H2,(H2,10,14)(H2,11,16)(H,12,15)(H,13,17)/t4?,5-/m1/s1. The quantitative estimate of drug-likeness (QED) is 0.410. The molecule has 0 aromatic carbocycles. The van der Waals surface area contributed by atoms with Gasteiger partial charge in [0, 0.05) is 6.42 Å². The molecule has 8 heteroatoms. The van der Waals surface area contributed by atoms with E-state index < -0.39 is 29.8 Å². The van der Waals surface area contributed by atoms with E-state index >= 15 is 0 Å². The van der Waals surface area contributed by atoms with E-state index in [0.717, 1.165) is 0 Å². The number of nitrogens with one attached hydrogen (secondary N) is 2. The van der Waals surface area contributed by atoms with Crippen molar-refractivity contribution in [3.63, 3.8) is 0 Å². The summed E-state index contributed by atoms with van der Waals surface area (Å²) >= 11 is 0. The lowest BCUT2D eigenvalue weighted by molar-refractivity contribution is -0.131. The highest BCUT2D eigenvalue weighted by molar-refractivity contribution is 5.95. The van der Waals surface area contributed by atoms with Gasteiger partial charge in [0.05, 0.1) is 6.42 Å². The van der Waals surface area contributed by atoms with Crippen LogP contribution in [0.25, 0.3) is 0 Å². The van der Waals surface area contributed by atoms with E-state index in [2.05, 4.69) is 10.6 Å². The largest absolute Gasteiger partial charge is 0.370 e. The third-order valence-corrected chi connectivity index (χ3v) is 2.38. The van der Waals surface area contributed by atoms with Crippen LogP contribution in [0.4, 0.5) is 0 Å². The van der Waals surface area contributed by atoms with Crippen LogP contribution in [0, 0.1) is 0 Å². The van der Waals surface area contributed by atoms with Gasteiger partial charge in [-0.05, 0) is 6.42 Å². The molecule has 1 rings (SSSR count). The van der Waals surface area contributed by atoms with Crippen molar-refractivity contribution in [1.82, 2.24) is 10.6 Å². The Morgan fingerprint density at radius 2 is 2.06 bits per heavy atom. The minimum absolute atomic E-state index is 0.226. The molecule has 0 aromatic heterocycles. The van der Waals surface area contributed by atoms with Gasteiger partial charge in [-0.15, -0.1) is 0 Å². The maximum atomic E-state index is 11.6. The van der Waals surface area contributed by atoms with E-state index in [0.29, 0.717) is 6.42 Å². The normalized spacial score (nSPS) is 20.5. The number of amides is 4. The third-order valence-electron chi connectivity index (χ3n) is 2.38. The zero-order valence-corrected chi connectivity index (χ0v) is 9.06. The number of hydrogen-bond acceptors (Lipinski definition) is 4. The molecule has 6 N–H and O–H groups in total. The first kappa shape index (κ1) is 12.9. The first-order valence-electron chi connectivity index (χ1n) is 5.07. The molecule has 1 heterocycles. The lowest BCUT2D eigenvalue weighted by Gasteiger charge is -2.16. The maximum absolute atomic E-state index is 11.6. The fourth-order valence-corrected chi connectivity index (χ4v) is 1.51. The lowest BCUT2D eigenvalue weighted by atomic mass is 10.1. The molecule has 0 radical (unpaired) electrons. The van der Waals surface area contributed by atoms with Crippen LogP contribution >= 0.6 is 0 Å². The smallest absolute Gasteiger partial charge is 0.243 e. The number of carbonyl (C=O) groups is 4. The van der Waals surface area contributed by atoms with Crippen LogP contribution in [0.1, 0.15) is 19.3 Å². The topological polar surface area (TPSA) is 144 Å². The fraction of sp³-hybridized carbons (Fsp3) is 0.556. The summed E-state index contributed by atoms with van der Waals surface area (Å²) in [6.45, 7) is 0. The van der Waals surface area contributed by atoms with Crippen molar-refractivity contribution in [2.24, 2.45) is 11.5 Å². The van der Waals surface area contributed by atoms with Crippen molar-refractivity contribution >= 4 is 23.6 Å². The predicted molar refractivity (Wildman–Crippen MR) is 56.1 cm³/mol. The first-order chi connectivity index (χ1) is 7.90. The van der Waals surface area contributed by atoms with Crippen LogP contribution in [0.2, 0.25) is 0 Å². The summed E-state index contributed by atoms with van der Waals surface area (Å²) in [5.74, 6) is -2.36. The summed E-state index contributed by atoms with van der Waals surface area (Å²) in [6.07, 6.45) is 0.254. The second kappa shape index (κ2) is 5.28. The maximum Gasteiger partial charge on any atom is 0.243 e. The number of rotatable bonds is 5. The summed E-state index contributed by atoms with van der Waals surface area (Å²) in [5.41, 5.74) is 9.93. The number of primary amides is 2. The minimum atomic E-state index is -1.14. The van der Waals surface area contributed by atoms with Crippen molar-refractivity contribution in [3.8, 4) is 0 Å². The van der Waals surface area contributed by atoms with Gasteiger partial charge in [-0.2, -0.15) is 0 Å². The van der Waals surface area contributed by atoms with Crippen molar-refractivity contribution in [2.75, 3.05) is 0 Å². The van der Waals surface area contributed by atoms with E-state index in [1.807, 2.05) is 0 Å².